The molecule has 0 amide bonds. The minimum atomic E-state index is 0.255. The van der Waals surface area contributed by atoms with E-state index in [4.69, 9.17) is 4.74 Å². The molecule has 3 atom stereocenters. The van der Waals surface area contributed by atoms with Gasteiger partial charge in [0.1, 0.15) is 0 Å². The third-order valence-electron chi connectivity index (χ3n) is 2.78. The van der Waals surface area contributed by atoms with Gasteiger partial charge in [0.25, 0.3) is 0 Å². The molecule has 0 aromatic heterocycles. The van der Waals surface area contributed by atoms with Gasteiger partial charge in [0.15, 0.2) is 0 Å². The van der Waals surface area contributed by atoms with E-state index in [1.54, 1.807) is 0 Å². The molecule has 0 radical (unpaired) electrons. The number of hydrogen-bond acceptors (Lipinski definition) is 1. The first-order valence-corrected chi connectivity index (χ1v) is 5.89. The summed E-state index contributed by atoms with van der Waals surface area (Å²) in [4.78, 5) is 0.514. The molecule has 0 N–H and O–H groups in total. The van der Waals surface area contributed by atoms with Crippen LogP contribution < -0.4 is 0 Å². The lowest BCUT2D eigenvalue weighted by atomic mass is 9.86. The smallest absolute Gasteiger partial charge is 0.0740 e. The largest absolute Gasteiger partial charge is 0.376 e. The molecule has 1 aliphatic carbocycles. The Kier molecular flexibility index (Phi) is 2.32. The Hall–Kier alpha value is 0.920. The van der Waals surface area contributed by atoms with Crippen molar-refractivity contribution in [2.24, 2.45) is 0 Å². The summed E-state index contributed by atoms with van der Waals surface area (Å²) in [6.07, 6.45) is 5.62. The predicted octanol–water partition coefficient (Wildman–Crippen LogP) is 2.86. The standard InChI is InChI=1S/C8H12Br2O/c9-6-5-11-7-3-1-2-4-8(6,7)10/h6-7H,1-5H2. The molecule has 1 heterocycles. The first kappa shape index (κ1) is 8.52. The van der Waals surface area contributed by atoms with Crippen LogP contribution in [-0.2, 0) is 4.74 Å². The van der Waals surface area contributed by atoms with Crippen LogP contribution in [0.15, 0.2) is 0 Å². The highest BCUT2D eigenvalue weighted by atomic mass is 79.9. The normalized spacial score (nSPS) is 50.7. The second kappa shape index (κ2) is 3.00. The molecule has 1 saturated carbocycles. The van der Waals surface area contributed by atoms with E-state index in [1.165, 1.54) is 25.7 Å². The number of fused-ring (bicyclic) bond motifs is 1. The molecule has 2 rings (SSSR count). The molecule has 64 valence electrons. The van der Waals surface area contributed by atoms with Gasteiger partial charge in [-0.05, 0) is 12.8 Å². The molecule has 0 spiro atoms. The average molecular weight is 284 g/mol. The van der Waals surface area contributed by atoms with Crippen molar-refractivity contribution in [3.8, 4) is 0 Å². The minimum Gasteiger partial charge on any atom is -0.376 e. The lowest BCUT2D eigenvalue weighted by Crippen LogP contribution is -2.40. The highest BCUT2D eigenvalue weighted by Gasteiger charge is 2.49. The summed E-state index contributed by atoms with van der Waals surface area (Å²) >= 11 is 7.48. The topological polar surface area (TPSA) is 9.23 Å². The van der Waals surface area contributed by atoms with Crippen molar-refractivity contribution in [1.82, 2.24) is 0 Å². The van der Waals surface area contributed by atoms with Gasteiger partial charge in [-0.1, -0.05) is 44.7 Å². The van der Waals surface area contributed by atoms with Gasteiger partial charge in [-0.3, -0.25) is 0 Å². The van der Waals surface area contributed by atoms with Crippen molar-refractivity contribution in [2.75, 3.05) is 6.61 Å². The Balaban J connectivity index is 2.16. The second-order valence-electron chi connectivity index (χ2n) is 3.46. The second-order valence-corrected chi connectivity index (χ2v) is 6.04. The van der Waals surface area contributed by atoms with Crippen LogP contribution in [0.5, 0.6) is 0 Å². The van der Waals surface area contributed by atoms with Gasteiger partial charge < -0.3 is 4.74 Å². The first-order valence-electron chi connectivity index (χ1n) is 4.18. The minimum absolute atomic E-state index is 0.255. The molecule has 2 fully saturated rings. The average Bonchev–Trinajstić information content (AvgIpc) is 2.29. The molecule has 3 unspecified atom stereocenters. The number of ether oxygens (including phenoxy) is 1. The van der Waals surface area contributed by atoms with E-state index in [1.807, 2.05) is 0 Å². The zero-order valence-electron chi connectivity index (χ0n) is 6.35. The zero-order valence-corrected chi connectivity index (χ0v) is 9.53. The molecular weight excluding hydrogens is 272 g/mol. The molecule has 1 aliphatic heterocycles. The quantitative estimate of drug-likeness (QED) is 0.621. The monoisotopic (exact) mass is 282 g/mol. The molecule has 1 saturated heterocycles. The Morgan fingerprint density at radius 3 is 2.91 bits per heavy atom. The van der Waals surface area contributed by atoms with E-state index >= 15 is 0 Å². The van der Waals surface area contributed by atoms with Crippen molar-refractivity contribution in [2.45, 2.75) is 40.9 Å². The Bertz CT molecular complexity index is 160. The Labute approximate surface area is 84.1 Å². The van der Waals surface area contributed by atoms with Gasteiger partial charge in [-0.2, -0.15) is 0 Å². The van der Waals surface area contributed by atoms with E-state index in [-0.39, 0.29) is 4.32 Å². The fourth-order valence-electron chi connectivity index (χ4n) is 2.05. The maximum Gasteiger partial charge on any atom is 0.0740 e. The summed E-state index contributed by atoms with van der Waals surface area (Å²) in [6.45, 7) is 0.871. The molecule has 3 heteroatoms. The first-order chi connectivity index (χ1) is 5.23. The summed E-state index contributed by atoms with van der Waals surface area (Å²) in [7, 11) is 0. The SMILES string of the molecule is BrC1COC2CCCCC12Br. The molecule has 11 heavy (non-hydrogen) atoms. The van der Waals surface area contributed by atoms with Crippen LogP contribution in [0.2, 0.25) is 0 Å². The van der Waals surface area contributed by atoms with Gasteiger partial charge in [0.05, 0.1) is 21.9 Å². The molecule has 0 bridgehead atoms. The van der Waals surface area contributed by atoms with Crippen molar-refractivity contribution in [3.05, 3.63) is 0 Å². The van der Waals surface area contributed by atoms with E-state index in [9.17, 15) is 0 Å². The van der Waals surface area contributed by atoms with Gasteiger partial charge in [0, 0.05) is 0 Å². The third-order valence-corrected chi connectivity index (χ3v) is 5.93. The maximum absolute atomic E-state index is 5.68. The van der Waals surface area contributed by atoms with Gasteiger partial charge in [-0.15, -0.1) is 0 Å². The predicted molar refractivity (Wildman–Crippen MR) is 52.6 cm³/mol. The van der Waals surface area contributed by atoms with Gasteiger partial charge in [0.2, 0.25) is 0 Å². The zero-order chi connectivity index (χ0) is 7.90. The van der Waals surface area contributed by atoms with Crippen molar-refractivity contribution in [3.63, 3.8) is 0 Å². The van der Waals surface area contributed by atoms with Crippen LogP contribution in [0.25, 0.3) is 0 Å². The molecule has 0 aromatic carbocycles. The van der Waals surface area contributed by atoms with Crippen molar-refractivity contribution < 1.29 is 4.74 Å². The molecule has 0 aromatic rings. The van der Waals surface area contributed by atoms with E-state index in [0.29, 0.717) is 10.9 Å². The van der Waals surface area contributed by atoms with E-state index < -0.39 is 0 Å². The number of halogens is 2. The van der Waals surface area contributed by atoms with Crippen LogP contribution >= 0.6 is 31.9 Å². The Morgan fingerprint density at radius 2 is 2.18 bits per heavy atom. The van der Waals surface area contributed by atoms with Crippen LogP contribution in [0.4, 0.5) is 0 Å². The highest BCUT2D eigenvalue weighted by molar-refractivity contribution is 9.12. The third kappa shape index (κ3) is 1.29. The van der Waals surface area contributed by atoms with Crippen molar-refractivity contribution >= 4 is 31.9 Å². The Morgan fingerprint density at radius 1 is 1.36 bits per heavy atom. The summed E-state index contributed by atoms with van der Waals surface area (Å²) in [5.74, 6) is 0. The lowest BCUT2D eigenvalue weighted by Gasteiger charge is -2.34. The van der Waals surface area contributed by atoms with Crippen molar-refractivity contribution in [1.29, 1.82) is 0 Å². The maximum atomic E-state index is 5.68. The van der Waals surface area contributed by atoms with Gasteiger partial charge in [-0.25, -0.2) is 0 Å². The summed E-state index contributed by atoms with van der Waals surface area (Å²) in [6, 6.07) is 0. The molecule has 2 aliphatic rings. The number of alkyl halides is 2. The fourth-order valence-corrected chi connectivity index (χ4v) is 3.50. The van der Waals surface area contributed by atoms with Crippen LogP contribution in [0, 0.1) is 0 Å². The number of rotatable bonds is 0. The highest BCUT2D eigenvalue weighted by Crippen LogP contribution is 2.47. The summed E-state index contributed by atoms with van der Waals surface area (Å²) in [5, 5.41) is 0. The molecule has 1 nitrogen and oxygen atoms in total. The van der Waals surface area contributed by atoms with Crippen LogP contribution in [0.1, 0.15) is 25.7 Å². The lowest BCUT2D eigenvalue weighted by molar-refractivity contribution is 0.0774. The molecular formula is C8H12Br2O. The van der Waals surface area contributed by atoms with Gasteiger partial charge >= 0.3 is 0 Å². The summed E-state index contributed by atoms with van der Waals surface area (Å²) in [5.41, 5.74) is 0. The van der Waals surface area contributed by atoms with E-state index in [2.05, 4.69) is 31.9 Å². The summed E-state index contributed by atoms with van der Waals surface area (Å²) < 4.78 is 5.93. The fraction of sp³-hybridized carbons (Fsp3) is 1.00. The van der Waals surface area contributed by atoms with Crippen LogP contribution in [-0.4, -0.2) is 21.9 Å². The number of hydrogen-bond donors (Lipinski definition) is 0. The van der Waals surface area contributed by atoms with E-state index in [0.717, 1.165) is 6.61 Å². The van der Waals surface area contributed by atoms with Crippen LogP contribution in [0.3, 0.4) is 0 Å².